The smallest absolute Gasteiger partial charge is 0.271 e. The van der Waals surface area contributed by atoms with Gasteiger partial charge in [-0.2, -0.15) is 5.10 Å². The Bertz CT molecular complexity index is 727. The SMILES string of the molecule is CCCOc1ccc(C(=O)NN=Cc2ccc(O)c(OCC)c2)cc1. The third-order valence-electron chi connectivity index (χ3n) is 3.25. The number of aromatic hydroxyl groups is 1. The summed E-state index contributed by atoms with van der Waals surface area (Å²) >= 11 is 0. The summed E-state index contributed by atoms with van der Waals surface area (Å²) in [6.45, 7) is 4.96. The topological polar surface area (TPSA) is 80.2 Å². The first kappa shape index (κ1) is 18.3. The van der Waals surface area contributed by atoms with E-state index in [9.17, 15) is 9.90 Å². The lowest BCUT2D eigenvalue weighted by Gasteiger charge is -2.06. The summed E-state index contributed by atoms with van der Waals surface area (Å²) in [4.78, 5) is 12.1. The van der Waals surface area contributed by atoms with Crippen LogP contribution in [0.1, 0.15) is 36.2 Å². The number of carbonyl (C=O) groups excluding carboxylic acids is 1. The largest absolute Gasteiger partial charge is 0.504 e. The predicted octanol–water partition coefficient (Wildman–Crippen LogP) is 3.34. The van der Waals surface area contributed by atoms with Crippen LogP contribution >= 0.6 is 0 Å². The van der Waals surface area contributed by atoms with E-state index in [0.717, 1.165) is 12.2 Å². The van der Waals surface area contributed by atoms with Crippen molar-refractivity contribution >= 4 is 12.1 Å². The van der Waals surface area contributed by atoms with Crippen LogP contribution in [0.2, 0.25) is 0 Å². The van der Waals surface area contributed by atoms with Gasteiger partial charge in [-0.3, -0.25) is 4.79 Å². The number of rotatable bonds is 8. The number of hydrazone groups is 1. The fraction of sp³-hybridized carbons (Fsp3) is 0.263. The first-order chi connectivity index (χ1) is 12.1. The van der Waals surface area contributed by atoms with Crippen molar-refractivity contribution in [1.82, 2.24) is 5.43 Å². The van der Waals surface area contributed by atoms with Crippen LogP contribution < -0.4 is 14.9 Å². The standard InChI is InChI=1S/C19H22N2O4/c1-3-11-25-16-8-6-15(7-9-16)19(23)21-20-13-14-5-10-17(22)18(12-14)24-4-2/h5-10,12-13,22H,3-4,11H2,1-2H3,(H,21,23). The minimum atomic E-state index is -0.317. The molecule has 0 aliphatic heterocycles. The highest BCUT2D eigenvalue weighted by molar-refractivity contribution is 5.95. The van der Waals surface area contributed by atoms with Gasteiger partial charge in [0.1, 0.15) is 5.75 Å². The molecular formula is C19H22N2O4. The highest BCUT2D eigenvalue weighted by Gasteiger charge is 2.05. The van der Waals surface area contributed by atoms with E-state index >= 15 is 0 Å². The molecule has 1 amide bonds. The molecule has 0 spiro atoms. The second kappa shape index (κ2) is 9.32. The number of benzene rings is 2. The van der Waals surface area contributed by atoms with Gasteiger partial charge in [0.15, 0.2) is 11.5 Å². The Morgan fingerprint density at radius 1 is 1.16 bits per heavy atom. The lowest BCUT2D eigenvalue weighted by atomic mass is 10.2. The van der Waals surface area contributed by atoms with E-state index in [2.05, 4.69) is 10.5 Å². The van der Waals surface area contributed by atoms with Crippen molar-refractivity contribution in [2.24, 2.45) is 5.10 Å². The number of hydrogen-bond acceptors (Lipinski definition) is 5. The molecule has 0 aromatic heterocycles. The number of phenolic OH excluding ortho intramolecular Hbond substituents is 1. The van der Waals surface area contributed by atoms with E-state index in [0.29, 0.717) is 30.1 Å². The zero-order chi connectivity index (χ0) is 18.1. The van der Waals surface area contributed by atoms with Gasteiger partial charge < -0.3 is 14.6 Å². The van der Waals surface area contributed by atoms with E-state index in [-0.39, 0.29) is 11.7 Å². The van der Waals surface area contributed by atoms with Gasteiger partial charge in [0.2, 0.25) is 0 Å². The molecule has 0 heterocycles. The highest BCUT2D eigenvalue weighted by Crippen LogP contribution is 2.26. The molecule has 0 bridgehead atoms. The van der Waals surface area contributed by atoms with E-state index in [4.69, 9.17) is 9.47 Å². The molecule has 0 saturated heterocycles. The van der Waals surface area contributed by atoms with Crippen LogP contribution in [-0.4, -0.2) is 30.4 Å². The van der Waals surface area contributed by atoms with Gasteiger partial charge in [-0.05, 0) is 61.4 Å². The van der Waals surface area contributed by atoms with Gasteiger partial charge >= 0.3 is 0 Å². The van der Waals surface area contributed by atoms with Crippen LogP contribution in [0, 0.1) is 0 Å². The Balaban J connectivity index is 1.95. The number of carbonyl (C=O) groups is 1. The van der Waals surface area contributed by atoms with Gasteiger partial charge in [0, 0.05) is 5.56 Å². The highest BCUT2D eigenvalue weighted by atomic mass is 16.5. The van der Waals surface area contributed by atoms with Crippen LogP contribution in [0.5, 0.6) is 17.2 Å². The molecule has 0 aliphatic rings. The van der Waals surface area contributed by atoms with Gasteiger partial charge in [-0.1, -0.05) is 6.92 Å². The number of ether oxygens (including phenoxy) is 2. The third kappa shape index (κ3) is 5.53. The molecule has 0 aliphatic carbocycles. The Hall–Kier alpha value is -3.02. The summed E-state index contributed by atoms with van der Waals surface area (Å²) < 4.78 is 10.8. The Labute approximate surface area is 147 Å². The van der Waals surface area contributed by atoms with Crippen LogP contribution in [0.25, 0.3) is 0 Å². The third-order valence-corrected chi connectivity index (χ3v) is 3.25. The predicted molar refractivity (Wildman–Crippen MR) is 96.6 cm³/mol. The fourth-order valence-corrected chi connectivity index (χ4v) is 2.03. The lowest BCUT2D eigenvalue weighted by molar-refractivity contribution is 0.0955. The minimum absolute atomic E-state index is 0.0633. The molecule has 0 saturated carbocycles. The number of phenols is 1. The summed E-state index contributed by atoms with van der Waals surface area (Å²) in [6, 6.07) is 11.7. The van der Waals surface area contributed by atoms with Crippen molar-refractivity contribution in [1.29, 1.82) is 0 Å². The van der Waals surface area contributed by atoms with Crippen molar-refractivity contribution in [3.8, 4) is 17.2 Å². The normalized spacial score (nSPS) is 10.6. The van der Waals surface area contributed by atoms with Crippen molar-refractivity contribution in [3.63, 3.8) is 0 Å². The summed E-state index contributed by atoms with van der Waals surface area (Å²) in [6.07, 6.45) is 2.41. The fourth-order valence-electron chi connectivity index (χ4n) is 2.03. The van der Waals surface area contributed by atoms with E-state index < -0.39 is 0 Å². The first-order valence-corrected chi connectivity index (χ1v) is 8.16. The molecule has 2 aromatic rings. The molecule has 6 nitrogen and oxygen atoms in total. The van der Waals surface area contributed by atoms with E-state index in [1.807, 2.05) is 13.8 Å². The molecule has 2 aromatic carbocycles. The summed E-state index contributed by atoms with van der Waals surface area (Å²) in [5.74, 6) is 0.852. The maximum atomic E-state index is 12.1. The molecular weight excluding hydrogens is 320 g/mol. The summed E-state index contributed by atoms with van der Waals surface area (Å²) in [5.41, 5.74) is 3.65. The zero-order valence-electron chi connectivity index (χ0n) is 14.4. The number of nitrogens with one attached hydrogen (secondary N) is 1. The van der Waals surface area contributed by atoms with Gasteiger partial charge in [0.25, 0.3) is 5.91 Å². The molecule has 2 N–H and O–H groups in total. The zero-order valence-corrected chi connectivity index (χ0v) is 14.4. The molecule has 0 radical (unpaired) electrons. The lowest BCUT2D eigenvalue weighted by Crippen LogP contribution is -2.17. The number of nitrogens with zero attached hydrogens (tertiary/aromatic N) is 1. The molecule has 0 atom stereocenters. The van der Waals surface area contributed by atoms with Gasteiger partial charge in [-0.25, -0.2) is 5.43 Å². The second-order valence-corrected chi connectivity index (χ2v) is 5.23. The maximum Gasteiger partial charge on any atom is 0.271 e. The van der Waals surface area contributed by atoms with E-state index in [1.54, 1.807) is 36.4 Å². The van der Waals surface area contributed by atoms with Crippen LogP contribution in [-0.2, 0) is 0 Å². The average Bonchev–Trinajstić information content (AvgIpc) is 2.63. The Morgan fingerprint density at radius 3 is 2.60 bits per heavy atom. The molecule has 0 unspecified atom stereocenters. The first-order valence-electron chi connectivity index (χ1n) is 8.16. The maximum absolute atomic E-state index is 12.1. The average molecular weight is 342 g/mol. The molecule has 0 fully saturated rings. The summed E-state index contributed by atoms with van der Waals surface area (Å²) in [5, 5.41) is 13.6. The molecule has 6 heteroatoms. The second-order valence-electron chi connectivity index (χ2n) is 5.23. The quantitative estimate of drug-likeness (QED) is 0.569. The van der Waals surface area contributed by atoms with Crippen molar-refractivity contribution < 1.29 is 19.4 Å². The Morgan fingerprint density at radius 2 is 1.92 bits per heavy atom. The molecule has 25 heavy (non-hydrogen) atoms. The molecule has 2 rings (SSSR count). The number of amides is 1. The number of hydrogen-bond donors (Lipinski definition) is 2. The van der Waals surface area contributed by atoms with Crippen LogP contribution in [0.4, 0.5) is 0 Å². The summed E-state index contributed by atoms with van der Waals surface area (Å²) in [7, 11) is 0. The Kier molecular flexibility index (Phi) is 6.83. The van der Waals surface area contributed by atoms with Crippen molar-refractivity contribution in [3.05, 3.63) is 53.6 Å². The van der Waals surface area contributed by atoms with Crippen molar-refractivity contribution in [2.75, 3.05) is 13.2 Å². The monoisotopic (exact) mass is 342 g/mol. The van der Waals surface area contributed by atoms with Crippen LogP contribution in [0.15, 0.2) is 47.6 Å². The van der Waals surface area contributed by atoms with Gasteiger partial charge in [0.05, 0.1) is 19.4 Å². The minimum Gasteiger partial charge on any atom is -0.504 e. The molecule has 132 valence electrons. The van der Waals surface area contributed by atoms with Crippen molar-refractivity contribution in [2.45, 2.75) is 20.3 Å². The van der Waals surface area contributed by atoms with Gasteiger partial charge in [-0.15, -0.1) is 0 Å². The van der Waals surface area contributed by atoms with Crippen LogP contribution in [0.3, 0.4) is 0 Å². The van der Waals surface area contributed by atoms with E-state index in [1.165, 1.54) is 12.3 Å².